The number of nitrogens with zero attached hydrogens (tertiary/aromatic N) is 1. The number of carboxylic acids is 1. The lowest BCUT2D eigenvalue weighted by Gasteiger charge is -2.26. The summed E-state index contributed by atoms with van der Waals surface area (Å²) in [5.41, 5.74) is 0. The monoisotopic (exact) mass is 1030 g/mol. The molecule has 426 valence electrons. The molecule has 0 amide bonds. The van der Waals surface area contributed by atoms with Crippen molar-refractivity contribution in [2.75, 3.05) is 47.5 Å². The summed E-state index contributed by atoms with van der Waals surface area (Å²) >= 11 is 0. The third-order valence-corrected chi connectivity index (χ3v) is 13.6. The number of hydrogen-bond acceptors (Lipinski definition) is 8. The second-order valence-electron chi connectivity index (χ2n) is 22.0. The van der Waals surface area contributed by atoms with Gasteiger partial charge in [0.1, 0.15) is 13.2 Å². The molecule has 9 heteroatoms. The molecule has 0 aliphatic rings. The first-order chi connectivity index (χ1) is 35.6. The zero-order valence-electron chi connectivity index (χ0n) is 48.5. The summed E-state index contributed by atoms with van der Waals surface area (Å²) in [4.78, 5) is 37.2. The third kappa shape index (κ3) is 56.8. The maximum Gasteiger partial charge on any atom is 0.306 e. The molecule has 0 saturated carbocycles. The van der Waals surface area contributed by atoms with Crippen LogP contribution in [0.2, 0.25) is 0 Å². The van der Waals surface area contributed by atoms with Gasteiger partial charge in [0.15, 0.2) is 12.4 Å². The Morgan fingerprint density at radius 3 is 1.16 bits per heavy atom. The van der Waals surface area contributed by atoms with Crippen LogP contribution in [0.1, 0.15) is 284 Å². The Bertz CT molecular complexity index is 1340. The molecule has 0 aliphatic heterocycles. The van der Waals surface area contributed by atoms with E-state index in [9.17, 15) is 19.5 Å². The van der Waals surface area contributed by atoms with Crippen LogP contribution in [-0.4, -0.2) is 82.3 Å². The first-order valence-electron chi connectivity index (χ1n) is 30.8. The van der Waals surface area contributed by atoms with Gasteiger partial charge in [0.2, 0.25) is 0 Å². The number of hydrogen-bond donors (Lipinski definition) is 0. The van der Waals surface area contributed by atoms with Crippen LogP contribution in [0.15, 0.2) is 48.6 Å². The number of quaternary nitrogens is 1. The number of unbranched alkanes of at least 4 members (excludes halogenated alkanes) is 34. The largest absolute Gasteiger partial charge is 0.545 e. The highest BCUT2D eigenvalue weighted by molar-refractivity contribution is 5.70. The normalized spacial score (nSPS) is 13.1. The lowest BCUT2D eigenvalue weighted by molar-refractivity contribution is -0.870. The van der Waals surface area contributed by atoms with Gasteiger partial charge in [0.05, 0.1) is 40.3 Å². The second kappa shape index (κ2) is 55.5. The molecule has 0 fully saturated rings. The molecule has 73 heavy (non-hydrogen) atoms. The number of aliphatic carboxylic acids is 1. The minimum atomic E-state index is -1.62. The number of likely N-dealkylation sites (N-methyl/N-ethyl adjacent to an activating group) is 1. The van der Waals surface area contributed by atoms with Gasteiger partial charge in [-0.15, -0.1) is 0 Å². The summed E-state index contributed by atoms with van der Waals surface area (Å²) in [7, 11) is 5.93. The van der Waals surface area contributed by atoms with Crippen molar-refractivity contribution in [2.45, 2.75) is 296 Å². The lowest BCUT2D eigenvalue weighted by Crippen LogP contribution is -2.44. The molecule has 0 aromatic heterocycles. The quantitative estimate of drug-likeness (QED) is 0.0195. The van der Waals surface area contributed by atoms with E-state index in [0.717, 1.165) is 64.2 Å². The Morgan fingerprint density at radius 1 is 0.425 bits per heavy atom. The van der Waals surface area contributed by atoms with Gasteiger partial charge in [-0.2, -0.15) is 0 Å². The third-order valence-electron chi connectivity index (χ3n) is 13.6. The minimum absolute atomic E-state index is 0.151. The molecule has 2 unspecified atom stereocenters. The van der Waals surface area contributed by atoms with Crippen molar-refractivity contribution in [2.24, 2.45) is 0 Å². The molecule has 0 spiro atoms. The van der Waals surface area contributed by atoms with Crippen molar-refractivity contribution in [1.29, 1.82) is 0 Å². The molecular weight excluding hydrogens is 911 g/mol. The van der Waals surface area contributed by atoms with Gasteiger partial charge in [0, 0.05) is 12.8 Å². The van der Waals surface area contributed by atoms with Gasteiger partial charge in [-0.05, 0) is 51.4 Å². The summed E-state index contributed by atoms with van der Waals surface area (Å²) < 4.78 is 22.7. The lowest BCUT2D eigenvalue weighted by atomic mass is 10.0. The first-order valence-corrected chi connectivity index (χ1v) is 30.8. The predicted octanol–water partition coefficient (Wildman–Crippen LogP) is 16.9. The number of ether oxygens (including phenoxy) is 4. The van der Waals surface area contributed by atoms with Gasteiger partial charge >= 0.3 is 11.9 Å². The molecule has 0 saturated heterocycles. The maximum absolute atomic E-state index is 12.8. The molecule has 0 aromatic carbocycles. The average Bonchev–Trinajstić information content (AvgIpc) is 3.36. The number of carbonyl (C=O) groups excluding carboxylic acids is 3. The smallest absolute Gasteiger partial charge is 0.306 e. The molecular formula is C64H117NO8. The summed E-state index contributed by atoms with van der Waals surface area (Å²) in [5, 5.41) is 11.7. The molecule has 2 atom stereocenters. The van der Waals surface area contributed by atoms with Gasteiger partial charge in [0.25, 0.3) is 0 Å². The van der Waals surface area contributed by atoms with Gasteiger partial charge in [-0.25, -0.2) is 0 Å². The van der Waals surface area contributed by atoms with Crippen molar-refractivity contribution >= 4 is 17.9 Å². The molecule has 0 aromatic rings. The number of esters is 2. The van der Waals surface area contributed by atoms with Crippen LogP contribution in [0.5, 0.6) is 0 Å². The number of carbonyl (C=O) groups is 3. The van der Waals surface area contributed by atoms with E-state index in [1.54, 1.807) is 0 Å². The van der Waals surface area contributed by atoms with Gasteiger partial charge in [-0.3, -0.25) is 9.59 Å². The summed E-state index contributed by atoms with van der Waals surface area (Å²) in [6.07, 6.45) is 66.3. The fourth-order valence-corrected chi connectivity index (χ4v) is 8.88. The second-order valence-corrected chi connectivity index (χ2v) is 22.0. The van der Waals surface area contributed by atoms with E-state index in [1.807, 2.05) is 21.1 Å². The fraction of sp³-hybridized carbons (Fsp3) is 0.828. The first kappa shape index (κ1) is 70.2. The summed E-state index contributed by atoms with van der Waals surface area (Å²) in [6, 6.07) is 0. The fourth-order valence-electron chi connectivity index (χ4n) is 8.88. The van der Waals surface area contributed by atoms with E-state index in [0.29, 0.717) is 17.4 Å². The maximum atomic E-state index is 12.8. The number of rotatable bonds is 57. The van der Waals surface area contributed by atoms with Crippen molar-refractivity contribution in [3.8, 4) is 0 Å². The van der Waals surface area contributed by atoms with Gasteiger partial charge < -0.3 is 33.3 Å². The van der Waals surface area contributed by atoms with Crippen molar-refractivity contribution in [3.63, 3.8) is 0 Å². The molecule has 0 heterocycles. The summed E-state index contributed by atoms with van der Waals surface area (Å²) in [5.74, 6) is -2.27. The Hall–Kier alpha value is -2.75. The van der Waals surface area contributed by atoms with E-state index in [4.69, 9.17) is 18.9 Å². The van der Waals surface area contributed by atoms with Crippen LogP contribution in [-0.2, 0) is 33.3 Å². The van der Waals surface area contributed by atoms with Crippen molar-refractivity contribution < 1.29 is 42.9 Å². The van der Waals surface area contributed by atoms with Crippen LogP contribution < -0.4 is 5.11 Å². The molecule has 0 bridgehead atoms. The molecule has 0 N–H and O–H groups in total. The average molecular weight is 1030 g/mol. The molecule has 0 aliphatic carbocycles. The Morgan fingerprint density at radius 2 is 0.781 bits per heavy atom. The highest BCUT2D eigenvalue weighted by Gasteiger charge is 2.22. The Kier molecular flexibility index (Phi) is 53.4. The zero-order chi connectivity index (χ0) is 53.4. The summed E-state index contributed by atoms with van der Waals surface area (Å²) in [6.45, 7) is 4.66. The Labute approximate surface area is 451 Å². The van der Waals surface area contributed by atoms with E-state index >= 15 is 0 Å². The van der Waals surface area contributed by atoms with Crippen LogP contribution in [0.25, 0.3) is 0 Å². The highest BCUT2D eigenvalue weighted by atomic mass is 16.7. The molecule has 0 radical (unpaired) electrons. The van der Waals surface area contributed by atoms with E-state index in [2.05, 4.69) is 62.5 Å². The highest BCUT2D eigenvalue weighted by Crippen LogP contribution is 2.18. The van der Waals surface area contributed by atoms with E-state index in [-0.39, 0.29) is 32.2 Å². The SMILES string of the molecule is CC/C=C\C/C=C\C/C=C\C/C=C\CCCCCCCCCCCCCCCCCCCCCCCCCCC(=O)OC(COC(=O)CCCCCCCCCCCCC)COC(OCC[N+](C)(C)C)C(=O)[O-]. The van der Waals surface area contributed by atoms with E-state index < -0.39 is 24.3 Å². The Balaban J connectivity index is 3.93. The van der Waals surface area contributed by atoms with Crippen LogP contribution >= 0.6 is 0 Å². The van der Waals surface area contributed by atoms with Crippen LogP contribution in [0, 0.1) is 0 Å². The molecule has 0 rings (SSSR count). The zero-order valence-corrected chi connectivity index (χ0v) is 48.5. The van der Waals surface area contributed by atoms with Crippen LogP contribution in [0.4, 0.5) is 0 Å². The van der Waals surface area contributed by atoms with E-state index in [1.165, 1.54) is 193 Å². The molecule has 9 nitrogen and oxygen atoms in total. The minimum Gasteiger partial charge on any atom is -0.545 e. The topological polar surface area (TPSA) is 111 Å². The van der Waals surface area contributed by atoms with Crippen molar-refractivity contribution in [3.05, 3.63) is 48.6 Å². The van der Waals surface area contributed by atoms with Crippen LogP contribution in [0.3, 0.4) is 0 Å². The van der Waals surface area contributed by atoms with Gasteiger partial charge in [-0.1, -0.05) is 268 Å². The standard InChI is InChI=1S/C64H117NO8/c1-6-8-10-12-14-16-18-19-20-21-22-23-24-25-26-27-28-29-30-31-32-33-34-35-36-37-38-39-40-41-42-43-45-47-49-51-53-55-62(67)73-60(59-72-64(63(68)69)70-57-56-65(3,4)5)58-71-61(66)54-52-50-48-46-44-17-15-13-11-9-7-2/h8,10,14,16,19-20,22-23,60,64H,6-7,9,11-13,15,17-18,21,24-59H2,1-5H3/b10-8-,16-14-,20-19-,23-22-. The predicted molar refractivity (Wildman–Crippen MR) is 306 cm³/mol. The van der Waals surface area contributed by atoms with Crippen molar-refractivity contribution in [1.82, 2.24) is 0 Å². The number of carboxylic acid groups (broad SMARTS) is 1. The number of allylic oxidation sites excluding steroid dienone is 8.